The molecule has 3 rings (SSSR count). The van der Waals surface area contributed by atoms with E-state index in [9.17, 15) is 10.2 Å². The number of para-hydroxylation sites is 1. The summed E-state index contributed by atoms with van der Waals surface area (Å²) >= 11 is 1.49. The molecule has 0 aliphatic heterocycles. The maximum atomic E-state index is 9.60. The highest BCUT2D eigenvalue weighted by Gasteiger charge is 2.02. The van der Waals surface area contributed by atoms with Gasteiger partial charge in [0.15, 0.2) is 0 Å². The number of phenolic OH excluding ortho intramolecular Hbond substituents is 2. The first-order valence-electron chi connectivity index (χ1n) is 5.89. The number of nitrogens with one attached hydrogen (secondary N) is 1. The van der Waals surface area contributed by atoms with Crippen LogP contribution in [-0.4, -0.2) is 21.4 Å². The highest BCUT2D eigenvalue weighted by Crippen LogP contribution is 2.25. The molecule has 0 atom stereocenters. The summed E-state index contributed by atoms with van der Waals surface area (Å²) in [5, 5.41) is 23.6. The van der Waals surface area contributed by atoms with E-state index in [-0.39, 0.29) is 11.5 Å². The molecule has 6 heteroatoms. The summed E-state index contributed by atoms with van der Waals surface area (Å²) in [5.41, 5.74) is 4.16. The normalized spacial score (nSPS) is 11.2. The standard InChI is InChI=1S/C14H11N3O2S/c18-10-5-6-12(19)9(7-10)8-15-17-14-16-11-3-1-2-4-13(11)20-14/h1-8,18-19H,(H,16,17)/b15-8+. The number of aromatic nitrogens is 1. The third-order valence-corrected chi connectivity index (χ3v) is 3.61. The van der Waals surface area contributed by atoms with E-state index < -0.39 is 0 Å². The van der Waals surface area contributed by atoms with Crippen LogP contribution in [0.25, 0.3) is 10.2 Å². The van der Waals surface area contributed by atoms with Crippen molar-refractivity contribution in [3.05, 3.63) is 48.0 Å². The molecule has 3 N–H and O–H groups in total. The van der Waals surface area contributed by atoms with Gasteiger partial charge < -0.3 is 10.2 Å². The second-order valence-electron chi connectivity index (χ2n) is 4.10. The molecule has 2 aromatic carbocycles. The van der Waals surface area contributed by atoms with Crippen molar-refractivity contribution in [3.63, 3.8) is 0 Å². The monoisotopic (exact) mass is 285 g/mol. The number of rotatable bonds is 3. The molecule has 0 bridgehead atoms. The Balaban J connectivity index is 1.78. The van der Waals surface area contributed by atoms with Gasteiger partial charge in [-0.25, -0.2) is 4.98 Å². The average molecular weight is 285 g/mol. The minimum atomic E-state index is 0.0534. The number of anilines is 1. The van der Waals surface area contributed by atoms with Gasteiger partial charge in [-0.15, -0.1) is 0 Å². The molecular formula is C14H11N3O2S. The predicted octanol–water partition coefficient (Wildman–Crippen LogP) is 3.15. The number of phenols is 2. The average Bonchev–Trinajstić information content (AvgIpc) is 2.85. The summed E-state index contributed by atoms with van der Waals surface area (Å²) < 4.78 is 1.07. The zero-order valence-corrected chi connectivity index (χ0v) is 11.1. The van der Waals surface area contributed by atoms with E-state index in [1.165, 1.54) is 35.8 Å². The molecule has 0 aliphatic carbocycles. The molecule has 5 nitrogen and oxygen atoms in total. The maximum absolute atomic E-state index is 9.60. The Bertz CT molecular complexity index is 750. The van der Waals surface area contributed by atoms with Crippen LogP contribution in [0.15, 0.2) is 47.6 Å². The second kappa shape index (κ2) is 5.18. The summed E-state index contributed by atoms with van der Waals surface area (Å²) in [4.78, 5) is 4.37. The quantitative estimate of drug-likeness (QED) is 0.392. The van der Waals surface area contributed by atoms with Gasteiger partial charge >= 0.3 is 0 Å². The van der Waals surface area contributed by atoms with Gasteiger partial charge in [-0.3, -0.25) is 5.43 Å². The molecule has 0 aliphatic rings. The van der Waals surface area contributed by atoms with Crippen LogP contribution in [0.4, 0.5) is 5.13 Å². The molecule has 0 saturated carbocycles. The van der Waals surface area contributed by atoms with Crippen LogP contribution in [0.3, 0.4) is 0 Å². The summed E-state index contributed by atoms with van der Waals surface area (Å²) in [5.74, 6) is 0.127. The Labute approximate surface area is 118 Å². The molecule has 100 valence electrons. The molecule has 1 heterocycles. The third-order valence-electron chi connectivity index (χ3n) is 2.67. The van der Waals surface area contributed by atoms with Gasteiger partial charge in [0.1, 0.15) is 11.5 Å². The number of aromatic hydroxyl groups is 2. The van der Waals surface area contributed by atoms with Crippen molar-refractivity contribution in [2.45, 2.75) is 0 Å². The number of benzene rings is 2. The van der Waals surface area contributed by atoms with E-state index in [1.807, 2.05) is 24.3 Å². The van der Waals surface area contributed by atoms with Crippen molar-refractivity contribution in [3.8, 4) is 11.5 Å². The number of hydrazone groups is 1. The second-order valence-corrected chi connectivity index (χ2v) is 5.13. The highest BCUT2D eigenvalue weighted by atomic mass is 32.1. The zero-order valence-electron chi connectivity index (χ0n) is 10.3. The third kappa shape index (κ3) is 2.55. The van der Waals surface area contributed by atoms with Crippen molar-refractivity contribution in [2.24, 2.45) is 5.10 Å². The lowest BCUT2D eigenvalue weighted by Crippen LogP contribution is -1.90. The van der Waals surface area contributed by atoms with Crippen LogP contribution in [0.1, 0.15) is 5.56 Å². The SMILES string of the molecule is Oc1ccc(O)c(/C=N/Nc2nc3ccccc3s2)c1. The van der Waals surface area contributed by atoms with E-state index in [4.69, 9.17) is 0 Å². The molecule has 0 unspecified atom stereocenters. The molecule has 0 radical (unpaired) electrons. The Kier molecular flexibility index (Phi) is 3.22. The number of hydrogen-bond donors (Lipinski definition) is 3. The molecule has 3 aromatic rings. The van der Waals surface area contributed by atoms with Gasteiger partial charge in [-0.2, -0.15) is 5.10 Å². The smallest absolute Gasteiger partial charge is 0.204 e. The Hall–Kier alpha value is -2.60. The van der Waals surface area contributed by atoms with Crippen LogP contribution >= 0.6 is 11.3 Å². The van der Waals surface area contributed by atoms with E-state index in [0.717, 1.165) is 10.2 Å². The van der Waals surface area contributed by atoms with Gasteiger partial charge in [0.05, 0.1) is 16.4 Å². The molecule has 20 heavy (non-hydrogen) atoms. The molecule has 0 fully saturated rings. The summed E-state index contributed by atoms with van der Waals surface area (Å²) in [6, 6.07) is 12.1. The molecular weight excluding hydrogens is 274 g/mol. The lowest BCUT2D eigenvalue weighted by atomic mass is 10.2. The first-order valence-corrected chi connectivity index (χ1v) is 6.71. The zero-order chi connectivity index (χ0) is 13.9. The van der Waals surface area contributed by atoms with Crippen LogP contribution in [0.5, 0.6) is 11.5 Å². The van der Waals surface area contributed by atoms with Crippen molar-refractivity contribution in [1.82, 2.24) is 4.98 Å². The first kappa shape index (κ1) is 12.4. The van der Waals surface area contributed by atoms with Crippen LogP contribution in [0.2, 0.25) is 0 Å². The first-order chi connectivity index (χ1) is 9.72. The van der Waals surface area contributed by atoms with Gasteiger partial charge in [-0.05, 0) is 30.3 Å². The van der Waals surface area contributed by atoms with Crippen LogP contribution in [0, 0.1) is 0 Å². The summed E-state index contributed by atoms with van der Waals surface area (Å²) in [7, 11) is 0. The Morgan fingerprint density at radius 3 is 2.85 bits per heavy atom. The molecule has 0 spiro atoms. The minimum Gasteiger partial charge on any atom is -0.508 e. The molecule has 0 amide bonds. The van der Waals surface area contributed by atoms with Gasteiger partial charge in [0.2, 0.25) is 5.13 Å². The lowest BCUT2D eigenvalue weighted by molar-refractivity contribution is 0.459. The fraction of sp³-hybridized carbons (Fsp3) is 0. The molecule has 0 saturated heterocycles. The van der Waals surface area contributed by atoms with Crippen molar-refractivity contribution >= 4 is 32.9 Å². The van der Waals surface area contributed by atoms with E-state index >= 15 is 0 Å². The van der Waals surface area contributed by atoms with E-state index in [1.54, 1.807) is 0 Å². The molecule has 1 aromatic heterocycles. The Morgan fingerprint density at radius 1 is 1.15 bits per heavy atom. The van der Waals surface area contributed by atoms with Crippen LogP contribution in [-0.2, 0) is 0 Å². The maximum Gasteiger partial charge on any atom is 0.204 e. The van der Waals surface area contributed by atoms with Crippen LogP contribution < -0.4 is 5.43 Å². The summed E-state index contributed by atoms with van der Waals surface area (Å²) in [6.07, 6.45) is 1.43. The minimum absolute atomic E-state index is 0.0534. The number of thiazole rings is 1. The van der Waals surface area contributed by atoms with E-state index in [2.05, 4.69) is 15.5 Å². The van der Waals surface area contributed by atoms with Crippen molar-refractivity contribution in [1.29, 1.82) is 0 Å². The Morgan fingerprint density at radius 2 is 2.00 bits per heavy atom. The fourth-order valence-electron chi connectivity index (χ4n) is 1.72. The number of hydrogen-bond acceptors (Lipinski definition) is 6. The largest absolute Gasteiger partial charge is 0.508 e. The number of nitrogens with zero attached hydrogens (tertiary/aromatic N) is 2. The topological polar surface area (TPSA) is 77.7 Å². The summed E-state index contributed by atoms with van der Waals surface area (Å²) in [6.45, 7) is 0. The van der Waals surface area contributed by atoms with Gasteiger partial charge in [-0.1, -0.05) is 23.5 Å². The predicted molar refractivity (Wildman–Crippen MR) is 80.6 cm³/mol. The van der Waals surface area contributed by atoms with E-state index in [0.29, 0.717) is 10.7 Å². The highest BCUT2D eigenvalue weighted by molar-refractivity contribution is 7.22. The number of fused-ring (bicyclic) bond motifs is 1. The van der Waals surface area contributed by atoms with Gasteiger partial charge in [0.25, 0.3) is 0 Å². The lowest BCUT2D eigenvalue weighted by Gasteiger charge is -1.99. The fourth-order valence-corrected chi connectivity index (χ4v) is 2.54. The van der Waals surface area contributed by atoms with Gasteiger partial charge in [0, 0.05) is 5.56 Å². The van der Waals surface area contributed by atoms with Crippen molar-refractivity contribution in [2.75, 3.05) is 5.43 Å². The van der Waals surface area contributed by atoms with Crippen molar-refractivity contribution < 1.29 is 10.2 Å².